The number of sulfonamides is 1. The average molecular weight is 437 g/mol. The molecule has 0 aromatic heterocycles. The van der Waals surface area contributed by atoms with Gasteiger partial charge in [0.15, 0.2) is 0 Å². The second kappa shape index (κ2) is 8.92. The molecule has 2 aromatic rings. The van der Waals surface area contributed by atoms with E-state index in [1.807, 2.05) is 6.92 Å². The number of benzene rings is 2. The molecule has 0 saturated carbocycles. The monoisotopic (exact) mass is 435 g/mol. The van der Waals surface area contributed by atoms with E-state index in [4.69, 9.17) is 34.8 Å². The Balaban J connectivity index is 1.85. The minimum atomic E-state index is -3.67. The molecule has 3 N–H and O–H groups in total. The summed E-state index contributed by atoms with van der Waals surface area (Å²) in [5, 5.41) is 0.841. The van der Waals surface area contributed by atoms with Crippen LogP contribution in [0.1, 0.15) is 12.0 Å². The summed E-state index contributed by atoms with van der Waals surface area (Å²) in [6.07, 6.45) is -0.0824. The molecule has 140 valence electrons. The maximum atomic E-state index is 12.1. The zero-order valence-corrected chi connectivity index (χ0v) is 16.7. The molecule has 0 aliphatic heterocycles. The van der Waals surface area contributed by atoms with Gasteiger partial charge < -0.3 is 0 Å². The van der Waals surface area contributed by atoms with Crippen LogP contribution in [-0.2, 0) is 14.8 Å². The molecule has 0 saturated heterocycles. The van der Waals surface area contributed by atoms with Crippen LogP contribution in [0, 0.1) is 6.92 Å². The summed E-state index contributed by atoms with van der Waals surface area (Å²) >= 11 is 17.8. The first-order chi connectivity index (χ1) is 12.2. The molecule has 6 nitrogen and oxygen atoms in total. The van der Waals surface area contributed by atoms with Gasteiger partial charge in [0.2, 0.25) is 15.9 Å². The standard InChI is InChI=1S/C16H16Cl3N3O3S/c1-10-2-4-12(5-3-10)26(24,25)20-7-6-15(23)21-22-16-13(18)8-11(17)9-14(16)19/h2-5,8-9,20,22H,6-7H2,1H3,(H,21,23). The van der Waals surface area contributed by atoms with Crippen molar-refractivity contribution in [2.75, 3.05) is 12.0 Å². The lowest BCUT2D eigenvalue weighted by Crippen LogP contribution is -2.33. The van der Waals surface area contributed by atoms with Crippen LogP contribution in [0.15, 0.2) is 41.3 Å². The molecule has 0 heterocycles. The molecule has 26 heavy (non-hydrogen) atoms. The van der Waals surface area contributed by atoms with Gasteiger partial charge in [0.1, 0.15) is 0 Å². The highest BCUT2D eigenvalue weighted by molar-refractivity contribution is 7.89. The molecule has 10 heteroatoms. The van der Waals surface area contributed by atoms with Crippen molar-refractivity contribution in [1.29, 1.82) is 0 Å². The maximum absolute atomic E-state index is 12.1. The van der Waals surface area contributed by atoms with E-state index in [-0.39, 0.29) is 27.9 Å². The number of hydrogen-bond donors (Lipinski definition) is 3. The van der Waals surface area contributed by atoms with Gasteiger partial charge in [0, 0.05) is 18.0 Å². The number of nitrogens with one attached hydrogen (secondary N) is 3. The van der Waals surface area contributed by atoms with Crippen LogP contribution in [0.3, 0.4) is 0 Å². The average Bonchev–Trinajstić information content (AvgIpc) is 2.54. The van der Waals surface area contributed by atoms with Crippen LogP contribution < -0.4 is 15.6 Å². The number of hydrazine groups is 1. The van der Waals surface area contributed by atoms with Gasteiger partial charge in [-0.25, -0.2) is 13.1 Å². The smallest absolute Gasteiger partial charge is 0.240 e. The second-order valence-corrected chi connectivity index (χ2v) is 8.40. The number of rotatable bonds is 7. The Kier molecular flexibility index (Phi) is 7.14. The topological polar surface area (TPSA) is 87.3 Å². The molecule has 0 aliphatic carbocycles. The zero-order chi connectivity index (χ0) is 19.3. The van der Waals surface area contributed by atoms with Gasteiger partial charge in [-0.1, -0.05) is 52.5 Å². The minimum absolute atomic E-state index is 0.0637. The van der Waals surface area contributed by atoms with E-state index in [1.54, 1.807) is 12.1 Å². The predicted octanol–water partition coefficient (Wildman–Crippen LogP) is 3.77. The molecule has 0 fully saturated rings. The minimum Gasteiger partial charge on any atom is -0.296 e. The van der Waals surface area contributed by atoms with E-state index < -0.39 is 15.9 Å². The van der Waals surface area contributed by atoms with Gasteiger partial charge in [0.05, 0.1) is 20.6 Å². The number of hydrogen-bond acceptors (Lipinski definition) is 4. The largest absolute Gasteiger partial charge is 0.296 e. The molecule has 0 unspecified atom stereocenters. The third-order valence-corrected chi connectivity index (χ3v) is 5.60. The first kappa shape index (κ1) is 20.8. The third kappa shape index (κ3) is 5.75. The molecule has 0 radical (unpaired) electrons. The van der Waals surface area contributed by atoms with Crippen molar-refractivity contribution in [1.82, 2.24) is 10.1 Å². The van der Waals surface area contributed by atoms with Crippen molar-refractivity contribution in [2.45, 2.75) is 18.2 Å². The molecule has 0 spiro atoms. The number of amides is 1. The van der Waals surface area contributed by atoms with E-state index >= 15 is 0 Å². The van der Waals surface area contributed by atoms with E-state index in [9.17, 15) is 13.2 Å². The molecule has 2 aromatic carbocycles. The summed E-state index contributed by atoms with van der Waals surface area (Å²) in [4.78, 5) is 12.0. The molecule has 0 bridgehead atoms. The van der Waals surface area contributed by atoms with Gasteiger partial charge >= 0.3 is 0 Å². The fourth-order valence-electron chi connectivity index (χ4n) is 1.96. The van der Waals surface area contributed by atoms with Crippen LogP contribution in [0.25, 0.3) is 0 Å². The first-order valence-corrected chi connectivity index (χ1v) is 10.1. The first-order valence-electron chi connectivity index (χ1n) is 7.45. The second-order valence-electron chi connectivity index (χ2n) is 5.38. The number of aryl methyl sites for hydroxylation is 1. The van der Waals surface area contributed by atoms with Crippen LogP contribution in [0.5, 0.6) is 0 Å². The van der Waals surface area contributed by atoms with Gasteiger partial charge in [-0.15, -0.1) is 0 Å². The number of anilines is 1. The van der Waals surface area contributed by atoms with Crippen molar-refractivity contribution in [3.63, 3.8) is 0 Å². The van der Waals surface area contributed by atoms with Gasteiger partial charge in [-0.2, -0.15) is 0 Å². The Labute approximate surface area is 166 Å². The van der Waals surface area contributed by atoms with E-state index in [1.165, 1.54) is 24.3 Å². The normalized spacial score (nSPS) is 11.2. The zero-order valence-electron chi connectivity index (χ0n) is 13.6. The highest BCUT2D eigenvalue weighted by Crippen LogP contribution is 2.33. The van der Waals surface area contributed by atoms with Crippen LogP contribution in [0.2, 0.25) is 15.1 Å². The molecule has 0 atom stereocenters. The molecular weight excluding hydrogens is 421 g/mol. The Morgan fingerprint density at radius 2 is 1.62 bits per heavy atom. The predicted molar refractivity (Wildman–Crippen MR) is 104 cm³/mol. The van der Waals surface area contributed by atoms with E-state index in [2.05, 4.69) is 15.6 Å². The molecular formula is C16H16Cl3N3O3S. The van der Waals surface area contributed by atoms with Gasteiger partial charge in [0.25, 0.3) is 0 Å². The van der Waals surface area contributed by atoms with Crippen molar-refractivity contribution in [2.24, 2.45) is 0 Å². The van der Waals surface area contributed by atoms with Crippen LogP contribution in [0.4, 0.5) is 5.69 Å². The Morgan fingerprint density at radius 3 is 2.19 bits per heavy atom. The lowest BCUT2D eigenvalue weighted by molar-refractivity contribution is -0.120. The van der Waals surface area contributed by atoms with Crippen molar-refractivity contribution >= 4 is 56.4 Å². The summed E-state index contributed by atoms with van der Waals surface area (Å²) in [5.41, 5.74) is 6.24. The molecule has 2 rings (SSSR count). The number of carbonyl (C=O) groups excluding carboxylic acids is 1. The summed E-state index contributed by atoms with van der Waals surface area (Å²) in [6.45, 7) is 1.80. The summed E-state index contributed by atoms with van der Waals surface area (Å²) in [5.74, 6) is -0.446. The van der Waals surface area contributed by atoms with E-state index in [0.717, 1.165) is 5.56 Å². The summed E-state index contributed by atoms with van der Waals surface area (Å²) in [7, 11) is -3.67. The quantitative estimate of drug-likeness (QED) is 0.577. The van der Waals surface area contributed by atoms with Crippen molar-refractivity contribution in [3.05, 3.63) is 57.0 Å². The van der Waals surface area contributed by atoms with Crippen LogP contribution in [-0.4, -0.2) is 20.9 Å². The third-order valence-electron chi connectivity index (χ3n) is 3.31. The number of halogens is 3. The highest BCUT2D eigenvalue weighted by Gasteiger charge is 2.14. The summed E-state index contributed by atoms with van der Waals surface area (Å²) < 4.78 is 26.6. The fourth-order valence-corrected chi connectivity index (χ4v) is 3.90. The lowest BCUT2D eigenvalue weighted by Gasteiger charge is -2.12. The molecule has 0 aliphatic rings. The van der Waals surface area contributed by atoms with Crippen molar-refractivity contribution < 1.29 is 13.2 Å². The Bertz CT molecular complexity index is 880. The fraction of sp³-hybridized carbons (Fsp3) is 0.188. The lowest BCUT2D eigenvalue weighted by atomic mass is 10.2. The SMILES string of the molecule is Cc1ccc(S(=O)(=O)NCCC(=O)NNc2c(Cl)cc(Cl)cc2Cl)cc1. The highest BCUT2D eigenvalue weighted by atomic mass is 35.5. The molecule has 1 amide bonds. The van der Waals surface area contributed by atoms with Crippen LogP contribution >= 0.6 is 34.8 Å². The van der Waals surface area contributed by atoms with Crippen molar-refractivity contribution in [3.8, 4) is 0 Å². The number of carbonyl (C=O) groups is 1. The Morgan fingerprint density at radius 1 is 1.04 bits per heavy atom. The van der Waals surface area contributed by atoms with Gasteiger partial charge in [-0.3, -0.25) is 15.6 Å². The maximum Gasteiger partial charge on any atom is 0.240 e. The van der Waals surface area contributed by atoms with Gasteiger partial charge in [-0.05, 0) is 31.2 Å². The van der Waals surface area contributed by atoms with E-state index in [0.29, 0.717) is 10.7 Å². The summed E-state index contributed by atoms with van der Waals surface area (Å²) in [6, 6.07) is 9.35. The Hall–Kier alpha value is -1.51.